The fourth-order valence-electron chi connectivity index (χ4n) is 1.20. The standard InChI is InChI=1S/C15H23N3O3/c1-14(2,3)13(20)18-12-8-16-10(7-17-12)11(19)9-21-15(4,5)6/h7-8H,9H2,1-6H3,(H,17,18,20). The van der Waals surface area contributed by atoms with Gasteiger partial charge in [0.25, 0.3) is 0 Å². The molecule has 116 valence electrons. The fourth-order valence-corrected chi connectivity index (χ4v) is 1.20. The van der Waals surface area contributed by atoms with Gasteiger partial charge in [-0.2, -0.15) is 0 Å². The molecule has 0 saturated carbocycles. The van der Waals surface area contributed by atoms with Gasteiger partial charge in [0.15, 0.2) is 5.82 Å². The Morgan fingerprint density at radius 3 is 2.14 bits per heavy atom. The summed E-state index contributed by atoms with van der Waals surface area (Å²) in [6.45, 7) is 11.0. The van der Waals surface area contributed by atoms with Crippen LogP contribution in [0.15, 0.2) is 12.4 Å². The number of hydrogen-bond acceptors (Lipinski definition) is 5. The lowest BCUT2D eigenvalue weighted by Gasteiger charge is -2.18. The van der Waals surface area contributed by atoms with Crippen molar-refractivity contribution in [2.24, 2.45) is 5.41 Å². The lowest BCUT2D eigenvalue weighted by atomic mass is 9.96. The van der Waals surface area contributed by atoms with Gasteiger partial charge in [-0.25, -0.2) is 9.97 Å². The minimum absolute atomic E-state index is 0.0497. The van der Waals surface area contributed by atoms with Crippen LogP contribution in [0.1, 0.15) is 52.0 Å². The highest BCUT2D eigenvalue weighted by Gasteiger charge is 2.22. The Morgan fingerprint density at radius 1 is 1.10 bits per heavy atom. The minimum atomic E-state index is -0.517. The molecule has 1 aromatic rings. The van der Waals surface area contributed by atoms with Crippen LogP contribution in [0.4, 0.5) is 5.82 Å². The van der Waals surface area contributed by atoms with E-state index in [1.165, 1.54) is 12.4 Å². The van der Waals surface area contributed by atoms with Gasteiger partial charge in [-0.05, 0) is 20.8 Å². The van der Waals surface area contributed by atoms with Crippen molar-refractivity contribution in [3.05, 3.63) is 18.1 Å². The topological polar surface area (TPSA) is 81.2 Å². The molecule has 0 atom stereocenters. The molecule has 21 heavy (non-hydrogen) atoms. The van der Waals surface area contributed by atoms with Crippen molar-refractivity contribution in [2.45, 2.75) is 47.1 Å². The number of hydrogen-bond donors (Lipinski definition) is 1. The van der Waals surface area contributed by atoms with Crippen LogP contribution in [0.2, 0.25) is 0 Å². The number of nitrogens with one attached hydrogen (secondary N) is 1. The summed E-state index contributed by atoms with van der Waals surface area (Å²) in [7, 11) is 0. The average molecular weight is 293 g/mol. The van der Waals surface area contributed by atoms with Crippen molar-refractivity contribution in [1.29, 1.82) is 0 Å². The van der Waals surface area contributed by atoms with Gasteiger partial charge in [0.2, 0.25) is 11.7 Å². The van der Waals surface area contributed by atoms with Crippen molar-refractivity contribution in [3.63, 3.8) is 0 Å². The van der Waals surface area contributed by atoms with Crippen LogP contribution in [0.5, 0.6) is 0 Å². The molecular weight excluding hydrogens is 270 g/mol. The second-order valence-corrected chi connectivity index (χ2v) is 6.82. The second kappa shape index (κ2) is 6.30. The SMILES string of the molecule is CC(C)(C)OCC(=O)c1cnc(NC(=O)C(C)(C)C)cn1. The third kappa shape index (κ3) is 5.99. The van der Waals surface area contributed by atoms with E-state index in [4.69, 9.17) is 4.74 Å². The summed E-state index contributed by atoms with van der Waals surface area (Å²) in [5.41, 5.74) is -0.687. The van der Waals surface area contributed by atoms with Gasteiger partial charge in [0, 0.05) is 5.41 Å². The van der Waals surface area contributed by atoms with Crippen LogP contribution in [0.25, 0.3) is 0 Å². The van der Waals surface area contributed by atoms with Crippen molar-refractivity contribution >= 4 is 17.5 Å². The molecule has 0 saturated heterocycles. The maximum atomic E-state index is 11.9. The third-order valence-corrected chi connectivity index (χ3v) is 2.50. The van der Waals surface area contributed by atoms with Gasteiger partial charge < -0.3 is 10.1 Å². The van der Waals surface area contributed by atoms with E-state index in [1.807, 2.05) is 20.8 Å². The first-order valence-corrected chi connectivity index (χ1v) is 6.80. The van der Waals surface area contributed by atoms with Crippen molar-refractivity contribution < 1.29 is 14.3 Å². The molecule has 1 N–H and O–H groups in total. The first-order valence-electron chi connectivity index (χ1n) is 6.80. The molecule has 0 fully saturated rings. The third-order valence-electron chi connectivity index (χ3n) is 2.50. The zero-order chi connectivity index (χ0) is 16.3. The molecule has 6 heteroatoms. The summed E-state index contributed by atoms with van der Waals surface area (Å²) in [6, 6.07) is 0. The molecule has 6 nitrogen and oxygen atoms in total. The highest BCUT2D eigenvalue weighted by atomic mass is 16.5. The predicted molar refractivity (Wildman–Crippen MR) is 80.2 cm³/mol. The van der Waals surface area contributed by atoms with Crippen LogP contribution >= 0.6 is 0 Å². The van der Waals surface area contributed by atoms with Crippen LogP contribution in [-0.4, -0.2) is 33.9 Å². The van der Waals surface area contributed by atoms with Crippen LogP contribution in [0, 0.1) is 5.41 Å². The Labute approximate surface area is 125 Å². The minimum Gasteiger partial charge on any atom is -0.368 e. The zero-order valence-corrected chi connectivity index (χ0v) is 13.5. The van der Waals surface area contributed by atoms with E-state index in [1.54, 1.807) is 20.8 Å². The molecule has 0 aliphatic carbocycles. The molecule has 1 aromatic heterocycles. The monoisotopic (exact) mass is 293 g/mol. The maximum Gasteiger partial charge on any atom is 0.230 e. The van der Waals surface area contributed by atoms with Gasteiger partial charge >= 0.3 is 0 Å². The Hall–Kier alpha value is -1.82. The predicted octanol–water partition coefficient (Wildman–Crippen LogP) is 2.46. The van der Waals surface area contributed by atoms with Crippen LogP contribution in [-0.2, 0) is 9.53 Å². The highest BCUT2D eigenvalue weighted by molar-refractivity contribution is 5.96. The van der Waals surface area contributed by atoms with E-state index in [2.05, 4.69) is 15.3 Å². The number of carbonyl (C=O) groups is 2. The van der Waals surface area contributed by atoms with E-state index in [0.29, 0.717) is 5.82 Å². The Kier molecular flexibility index (Phi) is 5.17. The highest BCUT2D eigenvalue weighted by Crippen LogP contribution is 2.15. The zero-order valence-electron chi connectivity index (χ0n) is 13.5. The molecule has 1 heterocycles. The maximum absolute atomic E-state index is 11.9. The number of rotatable bonds is 4. The van der Waals surface area contributed by atoms with Crippen LogP contribution in [0.3, 0.4) is 0 Å². The van der Waals surface area contributed by atoms with Gasteiger partial charge in [-0.15, -0.1) is 0 Å². The molecule has 0 unspecified atom stereocenters. The lowest BCUT2D eigenvalue weighted by Crippen LogP contribution is -2.28. The first-order chi connectivity index (χ1) is 9.49. The Bertz CT molecular complexity index is 510. The van der Waals surface area contributed by atoms with E-state index in [9.17, 15) is 9.59 Å². The molecule has 0 aliphatic rings. The smallest absolute Gasteiger partial charge is 0.230 e. The van der Waals surface area contributed by atoms with Gasteiger partial charge in [0.05, 0.1) is 18.0 Å². The summed E-state index contributed by atoms with van der Waals surface area (Å²) < 4.78 is 5.40. The molecule has 0 spiro atoms. The summed E-state index contributed by atoms with van der Waals surface area (Å²) in [6.07, 6.45) is 2.71. The number of anilines is 1. The van der Waals surface area contributed by atoms with Crippen molar-refractivity contribution in [1.82, 2.24) is 9.97 Å². The molecule has 1 rings (SSSR count). The first kappa shape index (κ1) is 17.2. The molecule has 1 amide bonds. The largest absolute Gasteiger partial charge is 0.368 e. The summed E-state index contributed by atoms with van der Waals surface area (Å²) in [5.74, 6) is -0.0821. The Balaban J connectivity index is 2.66. The summed E-state index contributed by atoms with van der Waals surface area (Å²) in [5, 5.41) is 2.65. The van der Waals surface area contributed by atoms with E-state index >= 15 is 0 Å². The normalized spacial score (nSPS) is 12.1. The quantitative estimate of drug-likeness (QED) is 0.862. The molecule has 0 bridgehead atoms. The average Bonchev–Trinajstić information content (AvgIpc) is 2.35. The number of amides is 1. The lowest BCUT2D eigenvalue weighted by molar-refractivity contribution is -0.123. The summed E-state index contributed by atoms with van der Waals surface area (Å²) >= 11 is 0. The van der Waals surface area contributed by atoms with Gasteiger partial charge in [-0.1, -0.05) is 20.8 Å². The number of Topliss-reactive ketones (excluding diaryl/α,β-unsaturated/α-hetero) is 1. The Morgan fingerprint density at radius 2 is 1.71 bits per heavy atom. The number of ketones is 1. The van der Waals surface area contributed by atoms with Gasteiger partial charge in [-0.3, -0.25) is 9.59 Å². The van der Waals surface area contributed by atoms with Gasteiger partial charge in [0.1, 0.15) is 12.3 Å². The fraction of sp³-hybridized carbons (Fsp3) is 0.600. The summed E-state index contributed by atoms with van der Waals surface area (Å²) in [4.78, 5) is 31.7. The second-order valence-electron chi connectivity index (χ2n) is 6.82. The number of nitrogens with zero attached hydrogens (tertiary/aromatic N) is 2. The molecular formula is C15H23N3O3. The molecule has 0 aliphatic heterocycles. The number of ether oxygens (including phenoxy) is 1. The van der Waals surface area contributed by atoms with E-state index in [-0.39, 0.29) is 29.6 Å². The number of carbonyl (C=O) groups excluding carboxylic acids is 2. The number of aromatic nitrogens is 2. The van der Waals surface area contributed by atoms with E-state index < -0.39 is 5.41 Å². The van der Waals surface area contributed by atoms with E-state index in [0.717, 1.165) is 0 Å². The van der Waals surface area contributed by atoms with Crippen molar-refractivity contribution in [2.75, 3.05) is 11.9 Å². The molecule has 0 aromatic carbocycles. The molecule has 0 radical (unpaired) electrons. The van der Waals surface area contributed by atoms with Crippen LogP contribution < -0.4 is 5.32 Å². The van der Waals surface area contributed by atoms with Crippen molar-refractivity contribution in [3.8, 4) is 0 Å².